The van der Waals surface area contributed by atoms with Crippen LogP contribution in [0.3, 0.4) is 0 Å². The molecule has 27 heavy (non-hydrogen) atoms. The van der Waals surface area contributed by atoms with E-state index in [-0.39, 0.29) is 17.7 Å². The molecule has 144 valence electrons. The van der Waals surface area contributed by atoms with Crippen molar-refractivity contribution in [3.8, 4) is 0 Å². The highest BCUT2D eigenvalue weighted by Crippen LogP contribution is 2.25. The number of carbonyl (C=O) groups is 2. The van der Waals surface area contributed by atoms with Gasteiger partial charge in [0.05, 0.1) is 0 Å². The fourth-order valence-corrected chi connectivity index (χ4v) is 4.53. The second-order valence-electron chi connectivity index (χ2n) is 7.99. The number of amides is 2. The van der Waals surface area contributed by atoms with Crippen LogP contribution in [0.1, 0.15) is 50.5 Å². The predicted octanol–water partition coefficient (Wildman–Crippen LogP) is 3.40. The van der Waals surface area contributed by atoms with Crippen molar-refractivity contribution in [2.24, 2.45) is 5.92 Å². The number of benzene rings is 1. The van der Waals surface area contributed by atoms with Crippen LogP contribution >= 0.6 is 0 Å². The Bertz CT molecular complexity index is 801. The number of carbonyl (C=O) groups excluding carboxylic acids is 2. The van der Waals surface area contributed by atoms with Gasteiger partial charge in [0, 0.05) is 42.5 Å². The molecule has 1 atom stereocenters. The van der Waals surface area contributed by atoms with Gasteiger partial charge < -0.3 is 15.2 Å². The average Bonchev–Trinajstić information content (AvgIpc) is 3.38. The Hall–Kier alpha value is -2.30. The number of fused-ring (bicyclic) bond motifs is 1. The van der Waals surface area contributed by atoms with E-state index in [9.17, 15) is 9.59 Å². The second kappa shape index (κ2) is 8.15. The van der Waals surface area contributed by atoms with Gasteiger partial charge in [0.2, 0.25) is 11.8 Å². The molecular weight excluding hydrogens is 338 g/mol. The first-order valence-corrected chi connectivity index (χ1v) is 10.4. The summed E-state index contributed by atoms with van der Waals surface area (Å²) in [6.07, 6.45) is 9.97. The fraction of sp³-hybridized carbons (Fsp3) is 0.545. The highest BCUT2D eigenvalue weighted by atomic mass is 16.2. The van der Waals surface area contributed by atoms with Gasteiger partial charge in [-0.15, -0.1) is 0 Å². The molecular formula is C22H29N3O2. The van der Waals surface area contributed by atoms with E-state index in [0.29, 0.717) is 6.42 Å². The number of aromatic amines is 1. The molecule has 2 amide bonds. The lowest BCUT2D eigenvalue weighted by atomic mass is 9.88. The number of hydrogen-bond donors (Lipinski definition) is 2. The van der Waals surface area contributed by atoms with Gasteiger partial charge in [0.1, 0.15) is 6.04 Å². The minimum absolute atomic E-state index is 0.0621. The van der Waals surface area contributed by atoms with E-state index < -0.39 is 6.04 Å². The summed E-state index contributed by atoms with van der Waals surface area (Å²) in [5, 5.41) is 4.25. The third-order valence-corrected chi connectivity index (χ3v) is 6.11. The van der Waals surface area contributed by atoms with Gasteiger partial charge in [-0.1, -0.05) is 37.5 Å². The summed E-state index contributed by atoms with van der Waals surface area (Å²) in [6.45, 7) is 1.62. The Labute approximate surface area is 160 Å². The molecule has 1 aliphatic carbocycles. The first-order valence-electron chi connectivity index (χ1n) is 10.4. The van der Waals surface area contributed by atoms with Crippen LogP contribution in [0, 0.1) is 5.92 Å². The Morgan fingerprint density at radius 1 is 1.07 bits per heavy atom. The smallest absolute Gasteiger partial charge is 0.245 e. The minimum atomic E-state index is -0.475. The summed E-state index contributed by atoms with van der Waals surface area (Å²) < 4.78 is 0. The molecule has 0 radical (unpaired) electrons. The Kier molecular flexibility index (Phi) is 5.46. The van der Waals surface area contributed by atoms with Crippen molar-refractivity contribution in [2.75, 3.05) is 13.1 Å². The zero-order chi connectivity index (χ0) is 18.6. The van der Waals surface area contributed by atoms with E-state index in [1.54, 1.807) is 0 Å². The van der Waals surface area contributed by atoms with Gasteiger partial charge in [-0.2, -0.15) is 0 Å². The van der Waals surface area contributed by atoms with E-state index in [1.807, 2.05) is 29.3 Å². The summed E-state index contributed by atoms with van der Waals surface area (Å²) in [5.41, 5.74) is 2.16. The van der Waals surface area contributed by atoms with Crippen molar-refractivity contribution in [1.29, 1.82) is 0 Å². The summed E-state index contributed by atoms with van der Waals surface area (Å²) in [7, 11) is 0. The highest BCUT2D eigenvalue weighted by Gasteiger charge is 2.31. The summed E-state index contributed by atoms with van der Waals surface area (Å²) >= 11 is 0. The normalized spacial score (nSPS) is 19.3. The number of nitrogens with zero attached hydrogens (tertiary/aromatic N) is 1. The molecule has 4 rings (SSSR count). The van der Waals surface area contributed by atoms with E-state index in [2.05, 4.69) is 16.4 Å². The molecule has 5 heteroatoms. The van der Waals surface area contributed by atoms with Crippen LogP contribution in [-0.2, 0) is 16.0 Å². The lowest BCUT2D eigenvalue weighted by Gasteiger charge is -2.27. The molecule has 5 nitrogen and oxygen atoms in total. The monoisotopic (exact) mass is 367 g/mol. The third-order valence-electron chi connectivity index (χ3n) is 6.11. The molecule has 2 aliphatic rings. The zero-order valence-electron chi connectivity index (χ0n) is 15.9. The van der Waals surface area contributed by atoms with Gasteiger partial charge in [-0.25, -0.2) is 0 Å². The van der Waals surface area contributed by atoms with Crippen molar-refractivity contribution in [1.82, 2.24) is 15.2 Å². The number of nitrogens with one attached hydrogen (secondary N) is 2. The molecule has 0 spiro atoms. The number of H-pyrrole nitrogens is 1. The lowest BCUT2D eigenvalue weighted by Crippen LogP contribution is -2.50. The highest BCUT2D eigenvalue weighted by molar-refractivity contribution is 5.90. The summed E-state index contributed by atoms with van der Waals surface area (Å²) in [4.78, 5) is 31.2. The SMILES string of the molecule is O=C(N[C@@H](Cc1c[nH]c2ccccc12)C(=O)N1CCCC1)C1CCCCC1. The topological polar surface area (TPSA) is 65.2 Å². The van der Waals surface area contributed by atoms with Crippen molar-refractivity contribution >= 4 is 22.7 Å². The molecule has 1 aromatic carbocycles. The Morgan fingerprint density at radius 2 is 1.81 bits per heavy atom. The van der Waals surface area contributed by atoms with Crippen molar-refractivity contribution in [3.63, 3.8) is 0 Å². The molecule has 2 heterocycles. The first kappa shape index (κ1) is 18.1. The van der Waals surface area contributed by atoms with Crippen LogP contribution in [0.15, 0.2) is 30.5 Å². The van der Waals surface area contributed by atoms with Crippen molar-refractivity contribution in [3.05, 3.63) is 36.0 Å². The molecule has 1 saturated heterocycles. The van der Waals surface area contributed by atoms with Crippen molar-refractivity contribution < 1.29 is 9.59 Å². The molecule has 2 N–H and O–H groups in total. The second-order valence-corrected chi connectivity index (χ2v) is 7.99. The summed E-state index contributed by atoms with van der Waals surface area (Å²) in [6, 6.07) is 7.65. The van der Waals surface area contributed by atoms with Crippen LogP contribution in [-0.4, -0.2) is 40.8 Å². The van der Waals surface area contributed by atoms with E-state index in [1.165, 1.54) is 6.42 Å². The number of rotatable bonds is 5. The first-order chi connectivity index (χ1) is 13.2. The van der Waals surface area contributed by atoms with Gasteiger partial charge >= 0.3 is 0 Å². The maximum atomic E-state index is 13.1. The number of hydrogen-bond acceptors (Lipinski definition) is 2. The van der Waals surface area contributed by atoms with Gasteiger partial charge in [-0.05, 0) is 37.3 Å². The Balaban J connectivity index is 1.53. The molecule has 1 aliphatic heterocycles. The van der Waals surface area contributed by atoms with Gasteiger partial charge in [0.15, 0.2) is 0 Å². The quantitative estimate of drug-likeness (QED) is 0.851. The third kappa shape index (κ3) is 4.02. The van der Waals surface area contributed by atoms with E-state index in [0.717, 1.165) is 68.1 Å². The molecule has 0 bridgehead atoms. The molecule has 1 aromatic heterocycles. The van der Waals surface area contributed by atoms with Crippen LogP contribution in [0.4, 0.5) is 0 Å². The lowest BCUT2D eigenvalue weighted by molar-refractivity contribution is -0.137. The standard InChI is InChI=1S/C22H29N3O2/c26-21(16-8-2-1-3-9-16)24-20(22(27)25-12-6-7-13-25)14-17-15-23-19-11-5-4-10-18(17)19/h4-5,10-11,15-16,20,23H,1-3,6-9,12-14H2,(H,24,26)/t20-/m0/s1. The van der Waals surface area contributed by atoms with Crippen LogP contribution in [0.5, 0.6) is 0 Å². The largest absolute Gasteiger partial charge is 0.361 e. The molecule has 0 unspecified atom stereocenters. The van der Waals surface area contributed by atoms with Gasteiger partial charge in [-0.3, -0.25) is 9.59 Å². The Morgan fingerprint density at radius 3 is 2.59 bits per heavy atom. The maximum Gasteiger partial charge on any atom is 0.245 e. The number of para-hydroxylation sites is 1. The zero-order valence-corrected chi connectivity index (χ0v) is 15.9. The minimum Gasteiger partial charge on any atom is -0.361 e. The van der Waals surface area contributed by atoms with Crippen LogP contribution < -0.4 is 5.32 Å². The fourth-order valence-electron chi connectivity index (χ4n) is 4.53. The van der Waals surface area contributed by atoms with E-state index in [4.69, 9.17) is 0 Å². The predicted molar refractivity (Wildman–Crippen MR) is 106 cm³/mol. The van der Waals surface area contributed by atoms with E-state index >= 15 is 0 Å². The number of likely N-dealkylation sites (tertiary alicyclic amines) is 1. The average molecular weight is 367 g/mol. The molecule has 2 aromatic rings. The van der Waals surface area contributed by atoms with Gasteiger partial charge in [0.25, 0.3) is 0 Å². The van der Waals surface area contributed by atoms with Crippen molar-refractivity contribution in [2.45, 2.75) is 57.4 Å². The molecule has 1 saturated carbocycles. The molecule has 2 fully saturated rings. The number of aromatic nitrogens is 1. The van der Waals surface area contributed by atoms with Crippen LogP contribution in [0.25, 0.3) is 10.9 Å². The maximum absolute atomic E-state index is 13.1. The van der Waals surface area contributed by atoms with Crippen LogP contribution in [0.2, 0.25) is 0 Å². The summed E-state index contributed by atoms with van der Waals surface area (Å²) in [5.74, 6) is 0.199.